The molecule has 0 aromatic rings. The molecule has 0 fully saturated rings. The second-order valence-electron chi connectivity index (χ2n) is 1.21. The number of nitrogens with two attached hydrogens (primary N) is 1. The molecule has 0 aromatic carbocycles. The zero-order valence-corrected chi connectivity index (χ0v) is 5.97. The normalized spacial score (nSPS) is 9.12. The third-order valence-electron chi connectivity index (χ3n) is 0.522. The van der Waals surface area contributed by atoms with Crippen molar-refractivity contribution in [1.82, 2.24) is 0 Å². The fourth-order valence-electron chi connectivity index (χ4n) is 0.227. The number of rotatable bonds is 3. The summed E-state index contributed by atoms with van der Waals surface area (Å²) in [7, 11) is 0. The van der Waals surface area contributed by atoms with Crippen LogP contribution in [0.15, 0.2) is 0 Å². The molecule has 0 saturated heterocycles. The number of primary amides is 1. The lowest BCUT2D eigenvalue weighted by Crippen LogP contribution is -2.02. The van der Waals surface area contributed by atoms with Gasteiger partial charge in [-0.15, -0.1) is 11.6 Å². The minimum Gasteiger partial charge on any atom is -0.361 e. The third-order valence-corrected chi connectivity index (χ3v) is 1.57. The smallest absolute Gasteiger partial charge is 0.276 e. The standard InChI is InChI=1S/C4H8ClNOS/c5-2-1-3-8-4(6)7/h1-3H2,(H2,6,7). The molecule has 0 unspecified atom stereocenters. The van der Waals surface area contributed by atoms with Gasteiger partial charge < -0.3 is 5.73 Å². The highest BCUT2D eigenvalue weighted by atomic mass is 35.5. The van der Waals surface area contributed by atoms with Crippen LogP contribution in [0.1, 0.15) is 6.42 Å². The zero-order chi connectivity index (χ0) is 6.41. The van der Waals surface area contributed by atoms with E-state index in [0.29, 0.717) is 5.88 Å². The molecule has 0 rings (SSSR count). The van der Waals surface area contributed by atoms with Crippen LogP contribution in [0.5, 0.6) is 0 Å². The predicted octanol–water partition coefficient (Wildman–Crippen LogP) is 1.43. The van der Waals surface area contributed by atoms with E-state index in [1.54, 1.807) is 0 Å². The summed E-state index contributed by atoms with van der Waals surface area (Å²) >= 11 is 6.43. The van der Waals surface area contributed by atoms with Crippen LogP contribution in [-0.4, -0.2) is 16.9 Å². The van der Waals surface area contributed by atoms with E-state index in [0.717, 1.165) is 23.9 Å². The van der Waals surface area contributed by atoms with E-state index in [4.69, 9.17) is 17.3 Å². The Kier molecular flexibility index (Phi) is 5.32. The summed E-state index contributed by atoms with van der Waals surface area (Å²) in [6.45, 7) is 0. The van der Waals surface area contributed by atoms with Crippen molar-refractivity contribution < 1.29 is 4.79 Å². The number of amides is 1. The van der Waals surface area contributed by atoms with Crippen molar-refractivity contribution in [2.75, 3.05) is 11.6 Å². The number of thioether (sulfide) groups is 1. The largest absolute Gasteiger partial charge is 0.361 e. The Bertz CT molecular complexity index is 78.4. The quantitative estimate of drug-likeness (QED) is 0.493. The molecule has 0 aliphatic heterocycles. The molecular formula is C4H8ClNOS. The Balaban J connectivity index is 2.82. The lowest BCUT2D eigenvalue weighted by Gasteiger charge is -1.89. The summed E-state index contributed by atoms with van der Waals surface area (Å²) in [5, 5.41) is -0.324. The van der Waals surface area contributed by atoms with Gasteiger partial charge in [-0.3, -0.25) is 4.79 Å². The van der Waals surface area contributed by atoms with Gasteiger partial charge in [0, 0.05) is 11.6 Å². The summed E-state index contributed by atoms with van der Waals surface area (Å²) in [5.41, 5.74) is 4.81. The molecule has 48 valence electrons. The van der Waals surface area contributed by atoms with Gasteiger partial charge in [0.2, 0.25) is 0 Å². The average Bonchev–Trinajstić information content (AvgIpc) is 1.66. The van der Waals surface area contributed by atoms with Crippen LogP contribution in [0.3, 0.4) is 0 Å². The maximum absolute atomic E-state index is 10.0. The Morgan fingerprint density at radius 3 is 2.75 bits per heavy atom. The van der Waals surface area contributed by atoms with Crippen molar-refractivity contribution in [2.24, 2.45) is 5.73 Å². The second-order valence-corrected chi connectivity index (χ2v) is 2.69. The van der Waals surface area contributed by atoms with E-state index >= 15 is 0 Å². The number of hydrogen-bond donors (Lipinski definition) is 1. The molecule has 0 bridgehead atoms. The van der Waals surface area contributed by atoms with Gasteiger partial charge in [0.15, 0.2) is 0 Å². The van der Waals surface area contributed by atoms with Gasteiger partial charge >= 0.3 is 0 Å². The monoisotopic (exact) mass is 153 g/mol. The van der Waals surface area contributed by atoms with Crippen LogP contribution in [0.2, 0.25) is 0 Å². The summed E-state index contributed by atoms with van der Waals surface area (Å²) in [4.78, 5) is 10.0. The molecule has 0 heterocycles. The van der Waals surface area contributed by atoms with Crippen molar-refractivity contribution in [2.45, 2.75) is 6.42 Å². The highest BCUT2D eigenvalue weighted by molar-refractivity contribution is 8.13. The molecule has 0 spiro atoms. The number of halogens is 1. The van der Waals surface area contributed by atoms with Crippen LogP contribution in [0.4, 0.5) is 4.79 Å². The van der Waals surface area contributed by atoms with Crippen LogP contribution < -0.4 is 5.73 Å². The minimum atomic E-state index is -0.324. The molecule has 0 aromatic heterocycles. The van der Waals surface area contributed by atoms with Gasteiger partial charge in [-0.25, -0.2) is 0 Å². The molecular weight excluding hydrogens is 146 g/mol. The number of hydrogen-bond acceptors (Lipinski definition) is 2. The number of carbonyl (C=O) groups excluding carboxylic acids is 1. The summed E-state index contributed by atoms with van der Waals surface area (Å²) in [6, 6.07) is 0. The van der Waals surface area contributed by atoms with Gasteiger partial charge in [0.25, 0.3) is 5.24 Å². The zero-order valence-electron chi connectivity index (χ0n) is 4.39. The lowest BCUT2D eigenvalue weighted by molar-refractivity contribution is 0.267. The van der Waals surface area contributed by atoms with E-state index in [-0.39, 0.29) is 5.24 Å². The maximum atomic E-state index is 10.0. The molecule has 0 atom stereocenters. The van der Waals surface area contributed by atoms with E-state index in [2.05, 4.69) is 0 Å². The summed E-state index contributed by atoms with van der Waals surface area (Å²) in [5.74, 6) is 1.33. The van der Waals surface area contributed by atoms with Crippen molar-refractivity contribution >= 4 is 28.6 Å². The van der Waals surface area contributed by atoms with Gasteiger partial charge in [-0.1, -0.05) is 11.8 Å². The molecule has 0 radical (unpaired) electrons. The highest BCUT2D eigenvalue weighted by Gasteiger charge is 1.91. The van der Waals surface area contributed by atoms with Crippen molar-refractivity contribution in [3.63, 3.8) is 0 Å². The van der Waals surface area contributed by atoms with E-state index < -0.39 is 0 Å². The van der Waals surface area contributed by atoms with Gasteiger partial charge in [0.05, 0.1) is 0 Å². The maximum Gasteiger partial charge on any atom is 0.276 e. The SMILES string of the molecule is NC(=O)SCCCCl. The third kappa shape index (κ3) is 6.11. The van der Waals surface area contributed by atoms with Crippen LogP contribution in [0.25, 0.3) is 0 Å². The summed E-state index contributed by atoms with van der Waals surface area (Å²) < 4.78 is 0. The van der Waals surface area contributed by atoms with Gasteiger partial charge in [-0.2, -0.15) is 0 Å². The lowest BCUT2D eigenvalue weighted by atomic mass is 10.6. The molecule has 0 aliphatic carbocycles. The Morgan fingerprint density at radius 2 is 2.38 bits per heavy atom. The van der Waals surface area contributed by atoms with Crippen molar-refractivity contribution in [3.05, 3.63) is 0 Å². The van der Waals surface area contributed by atoms with Gasteiger partial charge in [-0.05, 0) is 6.42 Å². The van der Waals surface area contributed by atoms with Crippen LogP contribution >= 0.6 is 23.4 Å². The topological polar surface area (TPSA) is 43.1 Å². The van der Waals surface area contributed by atoms with E-state index in [1.165, 1.54) is 0 Å². The molecule has 4 heteroatoms. The molecule has 1 amide bonds. The second kappa shape index (κ2) is 5.25. The first-order valence-electron chi connectivity index (χ1n) is 2.25. The number of alkyl halides is 1. The first-order chi connectivity index (χ1) is 3.77. The minimum absolute atomic E-state index is 0.324. The molecule has 2 N–H and O–H groups in total. The van der Waals surface area contributed by atoms with E-state index in [9.17, 15) is 4.79 Å². The first-order valence-corrected chi connectivity index (χ1v) is 3.77. The average molecular weight is 154 g/mol. The first kappa shape index (κ1) is 8.11. The molecule has 0 aliphatic rings. The highest BCUT2D eigenvalue weighted by Crippen LogP contribution is 2.01. The Morgan fingerprint density at radius 1 is 1.75 bits per heavy atom. The van der Waals surface area contributed by atoms with Crippen LogP contribution in [-0.2, 0) is 0 Å². The van der Waals surface area contributed by atoms with E-state index in [1.807, 2.05) is 0 Å². The number of carbonyl (C=O) groups is 1. The predicted molar refractivity (Wildman–Crippen MR) is 37.4 cm³/mol. The molecule has 0 saturated carbocycles. The Labute approximate surface area is 57.8 Å². The molecule has 8 heavy (non-hydrogen) atoms. The Hall–Kier alpha value is 0.110. The molecule has 2 nitrogen and oxygen atoms in total. The van der Waals surface area contributed by atoms with Crippen molar-refractivity contribution in [3.8, 4) is 0 Å². The summed E-state index contributed by atoms with van der Waals surface area (Å²) in [6.07, 6.45) is 0.842. The van der Waals surface area contributed by atoms with Gasteiger partial charge in [0.1, 0.15) is 0 Å². The van der Waals surface area contributed by atoms with Crippen molar-refractivity contribution in [1.29, 1.82) is 0 Å². The fourth-order valence-corrected chi connectivity index (χ4v) is 1.01. The fraction of sp³-hybridized carbons (Fsp3) is 0.750. The van der Waals surface area contributed by atoms with Crippen LogP contribution in [0, 0.1) is 0 Å².